The third-order valence-corrected chi connectivity index (χ3v) is 2.47. The maximum Gasteiger partial charge on any atom is 0.267 e. The van der Waals surface area contributed by atoms with Gasteiger partial charge >= 0.3 is 0 Å². The van der Waals surface area contributed by atoms with Gasteiger partial charge in [-0.2, -0.15) is 0 Å². The van der Waals surface area contributed by atoms with Crippen molar-refractivity contribution in [2.24, 2.45) is 5.73 Å². The molecule has 0 aliphatic heterocycles. The molecule has 2 rings (SSSR count). The zero-order valence-electron chi connectivity index (χ0n) is 9.53. The predicted molar refractivity (Wildman–Crippen MR) is 65.9 cm³/mol. The minimum absolute atomic E-state index is 0.0864. The van der Waals surface area contributed by atoms with Crippen LogP contribution < -0.4 is 11.1 Å². The molecule has 0 fully saturated rings. The number of rotatable bonds is 3. The number of nitrogens with one attached hydrogen (secondary N) is 2. The van der Waals surface area contributed by atoms with Crippen LogP contribution in [-0.2, 0) is 0 Å². The number of amides is 1. The summed E-state index contributed by atoms with van der Waals surface area (Å²) in [6, 6.07) is 6.65. The molecule has 1 aromatic heterocycles. The van der Waals surface area contributed by atoms with Crippen molar-refractivity contribution in [1.29, 1.82) is 0 Å². The Morgan fingerprint density at radius 2 is 2.35 bits per heavy atom. The molecule has 1 atom stereocenters. The van der Waals surface area contributed by atoms with Crippen LogP contribution in [0.3, 0.4) is 0 Å². The smallest absolute Gasteiger partial charge is 0.267 e. The molecule has 2 aromatic rings. The molecule has 5 nitrogen and oxygen atoms in total. The lowest BCUT2D eigenvalue weighted by molar-refractivity contribution is 0.0947. The third kappa shape index (κ3) is 2.39. The summed E-state index contributed by atoms with van der Waals surface area (Å²) >= 11 is 0. The molecule has 5 heteroatoms. The Bertz CT molecular complexity index is 546. The highest BCUT2D eigenvalue weighted by molar-refractivity contribution is 5.99. The van der Waals surface area contributed by atoms with E-state index in [1.807, 2.05) is 6.92 Å². The van der Waals surface area contributed by atoms with Crippen molar-refractivity contribution in [1.82, 2.24) is 10.3 Å². The lowest BCUT2D eigenvalue weighted by Gasteiger charge is -2.05. The highest BCUT2D eigenvalue weighted by Gasteiger charge is 2.11. The molecule has 1 heterocycles. The van der Waals surface area contributed by atoms with Gasteiger partial charge in [-0.25, -0.2) is 0 Å². The van der Waals surface area contributed by atoms with Crippen LogP contribution in [0.15, 0.2) is 24.3 Å². The minimum Gasteiger partial charge on any atom is -0.507 e. The molecule has 0 aliphatic carbocycles. The highest BCUT2D eigenvalue weighted by atomic mass is 16.3. The summed E-state index contributed by atoms with van der Waals surface area (Å²) < 4.78 is 0. The molecule has 0 saturated heterocycles. The van der Waals surface area contributed by atoms with E-state index in [0.717, 1.165) is 5.52 Å². The number of benzene rings is 1. The summed E-state index contributed by atoms with van der Waals surface area (Å²) in [5.41, 5.74) is 6.70. The van der Waals surface area contributed by atoms with Gasteiger partial charge < -0.3 is 21.1 Å². The minimum atomic E-state index is -0.224. The van der Waals surface area contributed by atoms with Gasteiger partial charge in [0.25, 0.3) is 5.91 Å². The number of H-pyrrole nitrogens is 1. The summed E-state index contributed by atoms with van der Waals surface area (Å²) in [6.45, 7) is 2.23. The van der Waals surface area contributed by atoms with E-state index in [0.29, 0.717) is 17.6 Å². The fraction of sp³-hybridized carbons (Fsp3) is 0.250. The second-order valence-electron chi connectivity index (χ2n) is 4.11. The molecule has 90 valence electrons. The van der Waals surface area contributed by atoms with Crippen molar-refractivity contribution >= 4 is 16.8 Å². The van der Waals surface area contributed by atoms with Crippen LogP contribution in [0.1, 0.15) is 17.4 Å². The summed E-state index contributed by atoms with van der Waals surface area (Å²) in [5.74, 6) is -0.0668. The van der Waals surface area contributed by atoms with Crippen LogP contribution in [0.4, 0.5) is 0 Å². The molecular formula is C12H15N3O2. The van der Waals surface area contributed by atoms with Crippen molar-refractivity contribution in [2.45, 2.75) is 13.0 Å². The van der Waals surface area contributed by atoms with Gasteiger partial charge in [0.1, 0.15) is 11.4 Å². The van der Waals surface area contributed by atoms with Gasteiger partial charge in [0.15, 0.2) is 0 Å². The molecule has 1 amide bonds. The Balaban J connectivity index is 2.24. The van der Waals surface area contributed by atoms with Gasteiger partial charge in [-0.1, -0.05) is 6.07 Å². The molecule has 1 unspecified atom stereocenters. The monoisotopic (exact) mass is 233 g/mol. The molecule has 17 heavy (non-hydrogen) atoms. The Labute approximate surface area is 98.6 Å². The molecule has 0 spiro atoms. The second kappa shape index (κ2) is 4.47. The van der Waals surface area contributed by atoms with E-state index in [1.54, 1.807) is 24.3 Å². The zero-order valence-corrected chi connectivity index (χ0v) is 9.53. The molecule has 0 radical (unpaired) electrons. The standard InChI is InChI=1S/C12H15N3O2/c1-7(13)6-14-12(17)10-5-8-9(15-10)3-2-4-11(8)16/h2-5,7,15-16H,6,13H2,1H3,(H,14,17). The van der Waals surface area contributed by atoms with Crippen LogP contribution in [-0.4, -0.2) is 28.6 Å². The van der Waals surface area contributed by atoms with Crippen LogP contribution in [0.5, 0.6) is 5.75 Å². The summed E-state index contributed by atoms with van der Waals surface area (Å²) in [7, 11) is 0. The van der Waals surface area contributed by atoms with Crippen LogP contribution in [0.2, 0.25) is 0 Å². The van der Waals surface area contributed by atoms with Gasteiger partial charge in [0.2, 0.25) is 0 Å². The normalized spacial score (nSPS) is 12.6. The molecule has 5 N–H and O–H groups in total. The van der Waals surface area contributed by atoms with E-state index in [1.165, 1.54) is 0 Å². The SMILES string of the molecule is CC(N)CNC(=O)c1cc2c(O)cccc2[nH]1. The number of hydrogen-bond acceptors (Lipinski definition) is 3. The first-order chi connectivity index (χ1) is 8.08. The number of hydrogen-bond donors (Lipinski definition) is 4. The predicted octanol–water partition coefficient (Wildman–Crippen LogP) is 0.950. The van der Waals surface area contributed by atoms with Gasteiger partial charge in [-0.3, -0.25) is 4.79 Å². The van der Waals surface area contributed by atoms with E-state index in [-0.39, 0.29) is 17.7 Å². The number of aromatic nitrogens is 1. The lowest BCUT2D eigenvalue weighted by Crippen LogP contribution is -2.35. The van der Waals surface area contributed by atoms with Crippen LogP contribution in [0, 0.1) is 0 Å². The Kier molecular flexibility index (Phi) is 3.01. The average Bonchev–Trinajstić information content (AvgIpc) is 2.71. The van der Waals surface area contributed by atoms with Gasteiger partial charge in [-0.15, -0.1) is 0 Å². The molecule has 0 saturated carbocycles. The average molecular weight is 233 g/mol. The maximum atomic E-state index is 11.8. The second-order valence-corrected chi connectivity index (χ2v) is 4.11. The van der Waals surface area contributed by atoms with E-state index >= 15 is 0 Å². The fourth-order valence-electron chi connectivity index (χ4n) is 1.61. The van der Waals surface area contributed by atoms with Crippen molar-refractivity contribution < 1.29 is 9.90 Å². The summed E-state index contributed by atoms with van der Waals surface area (Å²) in [4.78, 5) is 14.7. The number of aromatic amines is 1. The van der Waals surface area contributed by atoms with Crippen LogP contribution >= 0.6 is 0 Å². The van der Waals surface area contributed by atoms with Gasteiger partial charge in [0.05, 0.1) is 0 Å². The van der Waals surface area contributed by atoms with E-state index in [4.69, 9.17) is 5.73 Å². The van der Waals surface area contributed by atoms with Gasteiger partial charge in [-0.05, 0) is 25.1 Å². The van der Waals surface area contributed by atoms with Crippen LogP contribution in [0.25, 0.3) is 10.9 Å². The Morgan fingerprint density at radius 3 is 3.00 bits per heavy atom. The van der Waals surface area contributed by atoms with Crippen molar-refractivity contribution in [3.8, 4) is 5.75 Å². The van der Waals surface area contributed by atoms with E-state index in [2.05, 4.69) is 10.3 Å². The molecular weight excluding hydrogens is 218 g/mol. The lowest BCUT2D eigenvalue weighted by atomic mass is 10.2. The van der Waals surface area contributed by atoms with Crippen molar-refractivity contribution in [3.63, 3.8) is 0 Å². The third-order valence-electron chi connectivity index (χ3n) is 2.47. The number of phenolic OH excluding ortho intramolecular Hbond substituents is 1. The number of carbonyl (C=O) groups is 1. The topological polar surface area (TPSA) is 91.1 Å². The molecule has 1 aromatic carbocycles. The fourth-order valence-corrected chi connectivity index (χ4v) is 1.61. The quantitative estimate of drug-likeness (QED) is 0.636. The zero-order chi connectivity index (χ0) is 12.4. The first kappa shape index (κ1) is 11.5. The summed E-state index contributed by atoms with van der Waals surface area (Å²) in [6.07, 6.45) is 0. The molecule has 0 aliphatic rings. The maximum absolute atomic E-state index is 11.8. The van der Waals surface area contributed by atoms with Gasteiger partial charge in [0, 0.05) is 23.5 Å². The summed E-state index contributed by atoms with van der Waals surface area (Å²) in [5, 5.41) is 13.0. The van der Waals surface area contributed by atoms with Crippen molar-refractivity contribution in [3.05, 3.63) is 30.0 Å². The molecule has 0 bridgehead atoms. The number of phenols is 1. The first-order valence-electron chi connectivity index (χ1n) is 5.42. The highest BCUT2D eigenvalue weighted by Crippen LogP contribution is 2.24. The van der Waals surface area contributed by atoms with E-state index in [9.17, 15) is 9.90 Å². The Hall–Kier alpha value is -2.01. The number of fused-ring (bicyclic) bond motifs is 1. The first-order valence-corrected chi connectivity index (χ1v) is 5.42. The largest absolute Gasteiger partial charge is 0.507 e. The Morgan fingerprint density at radius 1 is 1.59 bits per heavy atom. The number of aromatic hydroxyl groups is 1. The number of carbonyl (C=O) groups excluding carboxylic acids is 1. The van der Waals surface area contributed by atoms with Crippen molar-refractivity contribution in [2.75, 3.05) is 6.54 Å². The number of nitrogens with two attached hydrogens (primary N) is 1. The van der Waals surface area contributed by atoms with E-state index < -0.39 is 0 Å².